The van der Waals surface area contributed by atoms with Crippen LogP contribution in [-0.4, -0.2) is 11.4 Å². The van der Waals surface area contributed by atoms with E-state index in [2.05, 4.69) is 15.9 Å². The second-order valence-corrected chi connectivity index (χ2v) is 5.34. The Hall–Kier alpha value is -0.830. The summed E-state index contributed by atoms with van der Waals surface area (Å²) in [5.74, 6) is 0.861. The first kappa shape index (κ1) is 10.7. The Morgan fingerprint density at radius 1 is 1.40 bits per heavy atom. The number of hydrogen-bond acceptors (Lipinski definition) is 2. The predicted molar refractivity (Wildman–Crippen MR) is 62.4 cm³/mol. The van der Waals surface area contributed by atoms with Crippen molar-refractivity contribution in [3.05, 3.63) is 28.2 Å². The van der Waals surface area contributed by atoms with Crippen molar-refractivity contribution in [3.63, 3.8) is 0 Å². The number of halogens is 1. The standard InChI is InChI=1S/C12H13BrO2/c1-12(2)6-5-10(14)9-4-3-8(13)7-11(9)15-12/h3-4,7H,5-6H2,1-2H3. The third-order valence-corrected chi connectivity index (χ3v) is 3.08. The molecule has 1 aliphatic heterocycles. The van der Waals surface area contributed by atoms with E-state index in [1.54, 1.807) is 0 Å². The monoisotopic (exact) mass is 268 g/mol. The lowest BCUT2D eigenvalue weighted by molar-refractivity contribution is 0.0906. The highest BCUT2D eigenvalue weighted by atomic mass is 79.9. The molecule has 0 aromatic heterocycles. The van der Waals surface area contributed by atoms with Gasteiger partial charge in [0.15, 0.2) is 5.78 Å². The topological polar surface area (TPSA) is 26.3 Å². The van der Waals surface area contributed by atoms with Crippen LogP contribution >= 0.6 is 15.9 Å². The summed E-state index contributed by atoms with van der Waals surface area (Å²) in [6.07, 6.45) is 1.32. The Bertz CT molecular complexity index is 410. The minimum Gasteiger partial charge on any atom is -0.487 e. The molecule has 0 unspecified atom stereocenters. The summed E-state index contributed by atoms with van der Waals surface area (Å²) in [7, 11) is 0. The number of hydrogen-bond donors (Lipinski definition) is 0. The van der Waals surface area contributed by atoms with E-state index in [4.69, 9.17) is 4.74 Å². The molecule has 1 aromatic rings. The Morgan fingerprint density at radius 2 is 2.13 bits per heavy atom. The molecule has 0 aliphatic carbocycles. The van der Waals surface area contributed by atoms with Crippen molar-refractivity contribution >= 4 is 21.7 Å². The molecular formula is C12H13BrO2. The fraction of sp³-hybridized carbons (Fsp3) is 0.417. The minimum absolute atomic E-state index is 0.170. The fourth-order valence-electron chi connectivity index (χ4n) is 1.71. The predicted octanol–water partition coefficient (Wildman–Crippen LogP) is 3.58. The van der Waals surface area contributed by atoms with Gasteiger partial charge in [0.25, 0.3) is 0 Å². The number of ether oxygens (including phenoxy) is 1. The van der Waals surface area contributed by atoms with Gasteiger partial charge in [0.1, 0.15) is 11.4 Å². The molecule has 0 N–H and O–H groups in total. The molecule has 2 rings (SSSR count). The van der Waals surface area contributed by atoms with Gasteiger partial charge >= 0.3 is 0 Å². The van der Waals surface area contributed by atoms with Crippen LogP contribution in [0.3, 0.4) is 0 Å². The molecule has 15 heavy (non-hydrogen) atoms. The van der Waals surface area contributed by atoms with Gasteiger partial charge in [-0.25, -0.2) is 0 Å². The second-order valence-electron chi connectivity index (χ2n) is 4.43. The van der Waals surface area contributed by atoms with Gasteiger partial charge in [-0.1, -0.05) is 15.9 Å². The van der Waals surface area contributed by atoms with E-state index in [9.17, 15) is 4.79 Å². The van der Waals surface area contributed by atoms with Gasteiger partial charge in [-0.2, -0.15) is 0 Å². The van der Waals surface area contributed by atoms with Crippen LogP contribution in [0.2, 0.25) is 0 Å². The van der Waals surface area contributed by atoms with Crippen LogP contribution < -0.4 is 4.74 Å². The number of ketones is 1. The molecule has 1 aliphatic rings. The number of carbonyl (C=O) groups is 1. The van der Waals surface area contributed by atoms with Gasteiger partial charge in [-0.15, -0.1) is 0 Å². The van der Waals surface area contributed by atoms with E-state index >= 15 is 0 Å². The van der Waals surface area contributed by atoms with Crippen molar-refractivity contribution in [2.75, 3.05) is 0 Å². The summed E-state index contributed by atoms with van der Waals surface area (Å²) in [5, 5.41) is 0. The first-order valence-corrected chi connectivity index (χ1v) is 5.79. The summed E-state index contributed by atoms with van der Waals surface area (Å²) in [4.78, 5) is 11.8. The van der Waals surface area contributed by atoms with Crippen molar-refractivity contribution in [1.29, 1.82) is 0 Å². The summed E-state index contributed by atoms with van der Waals surface area (Å²) >= 11 is 3.38. The van der Waals surface area contributed by atoms with E-state index in [0.717, 1.165) is 10.9 Å². The Balaban J connectivity index is 2.50. The van der Waals surface area contributed by atoms with Crippen LogP contribution in [0.5, 0.6) is 5.75 Å². The van der Waals surface area contributed by atoms with Crippen LogP contribution in [0, 0.1) is 0 Å². The lowest BCUT2D eigenvalue weighted by atomic mass is 10.0. The molecule has 2 nitrogen and oxygen atoms in total. The number of Topliss-reactive ketones (excluding diaryl/α,β-unsaturated/α-hetero) is 1. The molecule has 1 heterocycles. The summed E-state index contributed by atoms with van der Waals surface area (Å²) in [6, 6.07) is 5.56. The molecule has 0 saturated heterocycles. The van der Waals surface area contributed by atoms with E-state index in [-0.39, 0.29) is 11.4 Å². The maximum atomic E-state index is 11.8. The SMILES string of the molecule is CC1(C)CCC(=O)c2ccc(Br)cc2O1. The second kappa shape index (κ2) is 3.63. The molecule has 0 radical (unpaired) electrons. The van der Waals surface area contributed by atoms with Gasteiger partial charge in [0.2, 0.25) is 0 Å². The van der Waals surface area contributed by atoms with Gasteiger partial charge in [-0.3, -0.25) is 4.79 Å². The number of carbonyl (C=O) groups excluding carboxylic acids is 1. The highest BCUT2D eigenvalue weighted by Crippen LogP contribution is 2.33. The van der Waals surface area contributed by atoms with Crippen LogP contribution in [-0.2, 0) is 0 Å². The van der Waals surface area contributed by atoms with Crippen LogP contribution in [0.25, 0.3) is 0 Å². The number of fused-ring (bicyclic) bond motifs is 1. The minimum atomic E-state index is -0.262. The van der Waals surface area contributed by atoms with Crippen molar-refractivity contribution in [1.82, 2.24) is 0 Å². The Morgan fingerprint density at radius 3 is 2.87 bits per heavy atom. The first-order valence-electron chi connectivity index (χ1n) is 5.00. The maximum absolute atomic E-state index is 11.8. The average molecular weight is 269 g/mol. The number of rotatable bonds is 0. The molecule has 0 bridgehead atoms. The molecule has 0 atom stereocenters. The zero-order chi connectivity index (χ0) is 11.1. The maximum Gasteiger partial charge on any atom is 0.166 e. The molecule has 80 valence electrons. The molecule has 0 amide bonds. The third kappa shape index (κ3) is 2.23. The normalized spacial score (nSPS) is 19.0. The Labute approximate surface area is 97.8 Å². The fourth-order valence-corrected chi connectivity index (χ4v) is 2.05. The highest BCUT2D eigenvalue weighted by molar-refractivity contribution is 9.10. The van der Waals surface area contributed by atoms with E-state index in [1.807, 2.05) is 32.0 Å². The Kier molecular flexibility index (Phi) is 2.59. The summed E-state index contributed by atoms with van der Waals surface area (Å²) in [6.45, 7) is 4.02. The quantitative estimate of drug-likeness (QED) is 0.719. The smallest absolute Gasteiger partial charge is 0.166 e. The van der Waals surface area contributed by atoms with Gasteiger partial charge in [0.05, 0.1) is 5.56 Å². The lowest BCUT2D eigenvalue weighted by Crippen LogP contribution is -2.27. The summed E-state index contributed by atoms with van der Waals surface area (Å²) < 4.78 is 6.78. The van der Waals surface area contributed by atoms with E-state index in [0.29, 0.717) is 17.7 Å². The number of benzene rings is 1. The van der Waals surface area contributed by atoms with Crippen molar-refractivity contribution in [2.24, 2.45) is 0 Å². The zero-order valence-electron chi connectivity index (χ0n) is 8.84. The van der Waals surface area contributed by atoms with Crippen LogP contribution in [0.1, 0.15) is 37.0 Å². The summed E-state index contributed by atoms with van der Waals surface area (Å²) in [5.41, 5.74) is 0.436. The average Bonchev–Trinajstić information content (AvgIpc) is 2.23. The molecule has 1 aromatic carbocycles. The van der Waals surface area contributed by atoms with Gasteiger partial charge in [-0.05, 0) is 38.5 Å². The highest BCUT2D eigenvalue weighted by Gasteiger charge is 2.28. The van der Waals surface area contributed by atoms with Crippen molar-refractivity contribution in [3.8, 4) is 5.75 Å². The molecular weight excluding hydrogens is 256 g/mol. The molecule has 0 fully saturated rings. The molecule has 3 heteroatoms. The zero-order valence-corrected chi connectivity index (χ0v) is 10.4. The van der Waals surface area contributed by atoms with Gasteiger partial charge < -0.3 is 4.74 Å². The lowest BCUT2D eigenvalue weighted by Gasteiger charge is -2.24. The first-order chi connectivity index (χ1) is 6.98. The largest absolute Gasteiger partial charge is 0.487 e. The van der Waals surface area contributed by atoms with Crippen LogP contribution in [0.15, 0.2) is 22.7 Å². The van der Waals surface area contributed by atoms with E-state index in [1.165, 1.54) is 0 Å². The third-order valence-electron chi connectivity index (χ3n) is 2.58. The molecule has 0 saturated carbocycles. The molecule has 0 spiro atoms. The van der Waals surface area contributed by atoms with E-state index < -0.39 is 0 Å². The van der Waals surface area contributed by atoms with Gasteiger partial charge in [0, 0.05) is 10.9 Å². The van der Waals surface area contributed by atoms with Crippen molar-refractivity contribution in [2.45, 2.75) is 32.3 Å². The van der Waals surface area contributed by atoms with Crippen LogP contribution in [0.4, 0.5) is 0 Å². The van der Waals surface area contributed by atoms with Crippen molar-refractivity contribution < 1.29 is 9.53 Å².